The van der Waals surface area contributed by atoms with Crippen molar-refractivity contribution in [1.29, 1.82) is 0 Å². The molecule has 3 rings (SSSR count). The summed E-state index contributed by atoms with van der Waals surface area (Å²) in [5, 5.41) is 0. The van der Waals surface area contributed by atoms with Gasteiger partial charge in [0, 0.05) is 0 Å². The number of fused-ring (bicyclic) bond motifs is 3. The minimum atomic E-state index is 0.344. The van der Waals surface area contributed by atoms with Crippen LogP contribution in [0.2, 0.25) is 0 Å². The smallest absolute Gasteiger partial charge is 0.00916 e. The van der Waals surface area contributed by atoms with Crippen LogP contribution in [0.15, 0.2) is 30.3 Å². The first-order valence-corrected chi connectivity index (χ1v) is 6.93. The fourth-order valence-corrected chi connectivity index (χ4v) is 3.87. The van der Waals surface area contributed by atoms with Gasteiger partial charge in [0.2, 0.25) is 0 Å². The summed E-state index contributed by atoms with van der Waals surface area (Å²) in [6, 6.07) is 9.03. The molecule has 2 aliphatic carbocycles. The van der Waals surface area contributed by atoms with Crippen molar-refractivity contribution in [3.8, 4) is 0 Å². The third-order valence-electron chi connectivity index (χ3n) is 4.83. The first kappa shape index (κ1) is 11.1. The van der Waals surface area contributed by atoms with Gasteiger partial charge in [-0.1, -0.05) is 57.5 Å². The predicted octanol–water partition coefficient (Wildman–Crippen LogP) is 4.80. The van der Waals surface area contributed by atoms with Crippen molar-refractivity contribution >= 4 is 5.57 Å². The molecule has 90 valence electrons. The van der Waals surface area contributed by atoms with Gasteiger partial charge in [-0.15, -0.1) is 0 Å². The average molecular weight is 226 g/mol. The lowest BCUT2D eigenvalue weighted by molar-refractivity contribution is 0.315. The van der Waals surface area contributed by atoms with Crippen molar-refractivity contribution in [3.63, 3.8) is 0 Å². The molecule has 0 aliphatic heterocycles. The van der Waals surface area contributed by atoms with Crippen LogP contribution in [0.1, 0.15) is 51.2 Å². The number of rotatable bonds is 1. The fourth-order valence-electron chi connectivity index (χ4n) is 3.87. The third kappa shape index (κ3) is 1.57. The van der Waals surface area contributed by atoms with Crippen LogP contribution in [0.3, 0.4) is 0 Å². The average Bonchev–Trinajstić information content (AvgIpc) is 2.71. The molecular formula is C17H22. The lowest BCUT2D eigenvalue weighted by Crippen LogP contribution is -2.30. The van der Waals surface area contributed by atoms with Gasteiger partial charge in [-0.3, -0.25) is 0 Å². The van der Waals surface area contributed by atoms with Crippen molar-refractivity contribution in [3.05, 3.63) is 41.5 Å². The molecule has 1 aromatic carbocycles. The summed E-state index contributed by atoms with van der Waals surface area (Å²) >= 11 is 0. The van der Waals surface area contributed by atoms with E-state index in [1.54, 1.807) is 11.1 Å². The summed E-state index contributed by atoms with van der Waals surface area (Å²) < 4.78 is 0. The SMILES string of the molecule is CCC1CC=C2c3ccccc3C(C)(C)CC21. The molecule has 0 heteroatoms. The molecule has 1 aromatic rings. The summed E-state index contributed by atoms with van der Waals surface area (Å²) in [5.74, 6) is 1.70. The van der Waals surface area contributed by atoms with E-state index in [1.165, 1.54) is 24.8 Å². The zero-order valence-corrected chi connectivity index (χ0v) is 11.2. The monoisotopic (exact) mass is 226 g/mol. The Morgan fingerprint density at radius 2 is 2.00 bits per heavy atom. The zero-order valence-electron chi connectivity index (χ0n) is 11.2. The minimum Gasteiger partial charge on any atom is -0.0801 e. The maximum atomic E-state index is 2.51. The first-order chi connectivity index (χ1) is 8.13. The lowest BCUT2D eigenvalue weighted by Gasteiger charge is -2.39. The van der Waals surface area contributed by atoms with Crippen molar-refractivity contribution in [2.75, 3.05) is 0 Å². The van der Waals surface area contributed by atoms with Crippen LogP contribution in [-0.2, 0) is 5.41 Å². The third-order valence-corrected chi connectivity index (χ3v) is 4.83. The Hall–Kier alpha value is -1.04. The van der Waals surface area contributed by atoms with Crippen LogP contribution in [0.4, 0.5) is 0 Å². The molecule has 0 heterocycles. The Morgan fingerprint density at radius 3 is 2.76 bits per heavy atom. The molecule has 0 nitrogen and oxygen atoms in total. The van der Waals surface area contributed by atoms with Gasteiger partial charge in [-0.25, -0.2) is 0 Å². The highest BCUT2D eigenvalue weighted by atomic mass is 14.4. The Labute approximate surface area is 105 Å². The molecule has 0 fully saturated rings. The second-order valence-corrected chi connectivity index (χ2v) is 6.30. The number of hydrogen-bond donors (Lipinski definition) is 0. The summed E-state index contributed by atoms with van der Waals surface area (Å²) in [6.07, 6.45) is 6.45. The topological polar surface area (TPSA) is 0 Å². The largest absolute Gasteiger partial charge is 0.0801 e. The van der Waals surface area contributed by atoms with Crippen LogP contribution in [-0.4, -0.2) is 0 Å². The Bertz CT molecular complexity index is 465. The Morgan fingerprint density at radius 1 is 1.24 bits per heavy atom. The van der Waals surface area contributed by atoms with E-state index < -0.39 is 0 Å². The van der Waals surface area contributed by atoms with Gasteiger partial charge in [-0.05, 0) is 46.8 Å². The fraction of sp³-hybridized carbons (Fsp3) is 0.529. The molecule has 2 aliphatic rings. The second kappa shape index (κ2) is 3.73. The van der Waals surface area contributed by atoms with E-state index in [1.807, 2.05) is 0 Å². The molecule has 0 N–H and O–H groups in total. The molecule has 0 saturated carbocycles. The van der Waals surface area contributed by atoms with Gasteiger partial charge in [0.05, 0.1) is 0 Å². The minimum absolute atomic E-state index is 0.344. The van der Waals surface area contributed by atoms with Crippen LogP contribution in [0, 0.1) is 11.8 Å². The zero-order chi connectivity index (χ0) is 12.0. The highest BCUT2D eigenvalue weighted by Crippen LogP contribution is 2.52. The highest BCUT2D eigenvalue weighted by Gasteiger charge is 2.40. The number of hydrogen-bond acceptors (Lipinski definition) is 0. The Balaban J connectivity index is 2.12. The molecule has 0 amide bonds. The highest BCUT2D eigenvalue weighted by molar-refractivity contribution is 5.75. The molecule has 0 saturated heterocycles. The van der Waals surface area contributed by atoms with Gasteiger partial charge in [-0.2, -0.15) is 0 Å². The Kier molecular flexibility index (Phi) is 2.43. The maximum absolute atomic E-state index is 2.51. The lowest BCUT2D eigenvalue weighted by atomic mass is 9.65. The molecule has 0 bridgehead atoms. The molecular weight excluding hydrogens is 204 g/mol. The van der Waals surface area contributed by atoms with Crippen LogP contribution < -0.4 is 0 Å². The quantitative estimate of drug-likeness (QED) is 0.645. The molecule has 0 radical (unpaired) electrons. The van der Waals surface area contributed by atoms with Gasteiger partial charge >= 0.3 is 0 Å². The van der Waals surface area contributed by atoms with E-state index in [2.05, 4.69) is 51.1 Å². The first-order valence-electron chi connectivity index (χ1n) is 6.93. The number of benzene rings is 1. The van der Waals surface area contributed by atoms with E-state index in [9.17, 15) is 0 Å². The predicted molar refractivity (Wildman–Crippen MR) is 74.0 cm³/mol. The van der Waals surface area contributed by atoms with Gasteiger partial charge in [0.25, 0.3) is 0 Å². The van der Waals surface area contributed by atoms with Crippen molar-refractivity contribution in [1.82, 2.24) is 0 Å². The standard InChI is InChI=1S/C17H22/c1-4-12-9-10-13-14-7-5-6-8-16(14)17(2,3)11-15(12)13/h5-8,10,12,15H,4,9,11H2,1-3H3. The van der Waals surface area contributed by atoms with Gasteiger partial charge in [0.1, 0.15) is 0 Å². The summed E-state index contributed by atoms with van der Waals surface area (Å²) in [5.41, 5.74) is 5.08. The summed E-state index contributed by atoms with van der Waals surface area (Å²) in [6.45, 7) is 7.16. The summed E-state index contributed by atoms with van der Waals surface area (Å²) in [7, 11) is 0. The van der Waals surface area contributed by atoms with E-state index in [-0.39, 0.29) is 0 Å². The molecule has 2 atom stereocenters. The van der Waals surface area contributed by atoms with Crippen LogP contribution in [0.5, 0.6) is 0 Å². The molecule has 0 spiro atoms. The normalized spacial score (nSPS) is 29.5. The van der Waals surface area contributed by atoms with E-state index in [4.69, 9.17) is 0 Å². The van der Waals surface area contributed by atoms with Crippen LogP contribution >= 0.6 is 0 Å². The van der Waals surface area contributed by atoms with Gasteiger partial charge in [0.15, 0.2) is 0 Å². The summed E-state index contributed by atoms with van der Waals surface area (Å²) in [4.78, 5) is 0. The van der Waals surface area contributed by atoms with Crippen molar-refractivity contribution in [2.24, 2.45) is 11.8 Å². The van der Waals surface area contributed by atoms with E-state index in [0.29, 0.717) is 5.41 Å². The molecule has 17 heavy (non-hydrogen) atoms. The van der Waals surface area contributed by atoms with Crippen molar-refractivity contribution < 1.29 is 0 Å². The van der Waals surface area contributed by atoms with Crippen LogP contribution in [0.25, 0.3) is 5.57 Å². The van der Waals surface area contributed by atoms with E-state index in [0.717, 1.165) is 11.8 Å². The van der Waals surface area contributed by atoms with Crippen molar-refractivity contribution in [2.45, 2.75) is 45.4 Å². The van der Waals surface area contributed by atoms with E-state index >= 15 is 0 Å². The number of allylic oxidation sites excluding steroid dienone is 2. The maximum Gasteiger partial charge on any atom is -0.00916 e. The second-order valence-electron chi connectivity index (χ2n) is 6.30. The molecule has 2 unspecified atom stereocenters. The molecule has 0 aromatic heterocycles. The van der Waals surface area contributed by atoms with Gasteiger partial charge < -0.3 is 0 Å².